The molecule has 0 saturated heterocycles. The highest BCUT2D eigenvalue weighted by Gasteiger charge is 2.43. The summed E-state index contributed by atoms with van der Waals surface area (Å²) < 4.78 is 20.2. The number of rotatable bonds is 5. The molecule has 0 aliphatic heterocycles. The first-order valence-electron chi connectivity index (χ1n) is 10.9. The summed E-state index contributed by atoms with van der Waals surface area (Å²) in [5.41, 5.74) is 4.59. The first-order chi connectivity index (χ1) is 15.7. The van der Waals surface area contributed by atoms with E-state index in [1.54, 1.807) is 18.2 Å². The molecule has 0 radical (unpaired) electrons. The molecule has 4 rings (SSSR count). The Kier molecular flexibility index (Phi) is 5.93. The fourth-order valence-electron chi connectivity index (χ4n) is 4.42. The minimum absolute atomic E-state index is 0.0419. The van der Waals surface area contributed by atoms with E-state index >= 15 is 0 Å². The van der Waals surface area contributed by atoms with Gasteiger partial charge in [-0.3, -0.25) is 9.59 Å². The molecule has 1 aliphatic rings. The maximum atomic E-state index is 13.4. The molecule has 0 bridgehead atoms. The number of aryl methyl sites for hydroxylation is 1. The zero-order valence-corrected chi connectivity index (χ0v) is 18.3. The van der Waals surface area contributed by atoms with Crippen LogP contribution in [0.25, 0.3) is 10.9 Å². The number of aromatic nitrogens is 1. The molecule has 3 aromatic rings. The van der Waals surface area contributed by atoms with Crippen molar-refractivity contribution in [3.8, 4) is 5.75 Å². The molecule has 0 atom stereocenters. The normalized spacial score (nSPS) is 15.3. The topological polar surface area (TPSA) is 112 Å². The summed E-state index contributed by atoms with van der Waals surface area (Å²) in [6, 6.07) is 10.8. The number of primary amides is 1. The number of carbonyl (C=O) groups is 2. The molecular weight excluding hydrogens is 427 g/mol. The van der Waals surface area contributed by atoms with E-state index in [1.165, 1.54) is 28.8 Å². The maximum absolute atomic E-state index is 13.4. The quantitative estimate of drug-likeness (QED) is 0.575. The van der Waals surface area contributed by atoms with E-state index in [2.05, 4.69) is 0 Å². The Morgan fingerprint density at radius 3 is 2.42 bits per heavy atom. The molecule has 1 heterocycles. The van der Waals surface area contributed by atoms with Gasteiger partial charge < -0.3 is 20.1 Å². The van der Waals surface area contributed by atoms with Gasteiger partial charge in [-0.2, -0.15) is 0 Å². The Balaban J connectivity index is 1.85. The van der Waals surface area contributed by atoms with Gasteiger partial charge in [-0.05, 0) is 62.4 Å². The molecule has 1 aliphatic carbocycles. The average Bonchev–Trinajstić information content (AvgIpc) is 2.78. The molecule has 7 nitrogen and oxygen atoms in total. The lowest BCUT2D eigenvalue weighted by Gasteiger charge is -2.33. The number of nitrogens with zero attached hydrogens (tertiary/aromatic N) is 1. The number of aromatic hydroxyl groups is 1. The van der Waals surface area contributed by atoms with Gasteiger partial charge in [0, 0.05) is 5.39 Å². The van der Waals surface area contributed by atoms with Crippen LogP contribution in [0.3, 0.4) is 0 Å². The van der Waals surface area contributed by atoms with Crippen LogP contribution in [0.4, 0.5) is 4.39 Å². The molecular formula is C25H25FN2O5. The van der Waals surface area contributed by atoms with Crippen molar-refractivity contribution in [2.75, 3.05) is 0 Å². The van der Waals surface area contributed by atoms with Crippen LogP contribution in [0.15, 0.2) is 47.3 Å². The number of hydrogen-bond acceptors (Lipinski definition) is 5. The maximum Gasteiger partial charge on any atom is 0.348 e. The summed E-state index contributed by atoms with van der Waals surface area (Å²) in [4.78, 5) is 38.8. The third-order valence-corrected chi connectivity index (χ3v) is 6.25. The highest BCUT2D eigenvalue weighted by atomic mass is 19.1. The molecule has 1 fully saturated rings. The largest absolute Gasteiger partial charge is 0.506 e. The number of esters is 1. The van der Waals surface area contributed by atoms with Crippen LogP contribution >= 0.6 is 0 Å². The molecule has 1 saturated carbocycles. The Hall–Kier alpha value is -3.68. The monoisotopic (exact) mass is 452 g/mol. The number of pyridine rings is 1. The fourth-order valence-corrected chi connectivity index (χ4v) is 4.42. The van der Waals surface area contributed by atoms with Gasteiger partial charge in [0.2, 0.25) is 0 Å². The number of hydrogen-bond donors (Lipinski definition) is 2. The summed E-state index contributed by atoms with van der Waals surface area (Å²) >= 11 is 0. The van der Waals surface area contributed by atoms with Crippen molar-refractivity contribution in [1.29, 1.82) is 0 Å². The average molecular weight is 452 g/mol. The second kappa shape index (κ2) is 8.69. The Morgan fingerprint density at radius 2 is 1.79 bits per heavy atom. The van der Waals surface area contributed by atoms with Gasteiger partial charge in [-0.25, -0.2) is 9.18 Å². The minimum Gasteiger partial charge on any atom is -0.506 e. The van der Waals surface area contributed by atoms with Gasteiger partial charge in [0.1, 0.15) is 11.6 Å². The number of benzene rings is 2. The van der Waals surface area contributed by atoms with Gasteiger partial charge in [-0.15, -0.1) is 0 Å². The van der Waals surface area contributed by atoms with E-state index < -0.39 is 40.2 Å². The SMILES string of the molecule is Cc1ccc2c(c1)c(O)c(C(=O)OC1(C(N)=O)CCCCC1)c(=O)n2Cc1ccc(F)cc1. The molecule has 8 heteroatoms. The summed E-state index contributed by atoms with van der Waals surface area (Å²) in [6.07, 6.45) is 2.75. The van der Waals surface area contributed by atoms with Crippen molar-refractivity contribution < 1.29 is 23.8 Å². The number of fused-ring (bicyclic) bond motifs is 1. The smallest absolute Gasteiger partial charge is 0.348 e. The zero-order valence-electron chi connectivity index (χ0n) is 18.3. The van der Waals surface area contributed by atoms with Crippen LogP contribution in [-0.2, 0) is 16.1 Å². The molecule has 3 N–H and O–H groups in total. The fraction of sp³-hybridized carbons (Fsp3) is 0.320. The van der Waals surface area contributed by atoms with Gasteiger partial charge in [0.05, 0.1) is 12.1 Å². The number of halogens is 1. The highest BCUT2D eigenvalue weighted by Crippen LogP contribution is 2.34. The lowest BCUT2D eigenvalue weighted by atomic mass is 9.84. The van der Waals surface area contributed by atoms with Crippen molar-refractivity contribution in [2.45, 2.75) is 51.2 Å². The molecule has 0 spiro atoms. The lowest BCUT2D eigenvalue weighted by molar-refractivity contribution is -0.140. The van der Waals surface area contributed by atoms with Crippen molar-refractivity contribution >= 4 is 22.8 Å². The Bertz CT molecular complexity index is 1290. The molecule has 172 valence electrons. The van der Waals surface area contributed by atoms with E-state index in [4.69, 9.17) is 10.5 Å². The highest BCUT2D eigenvalue weighted by molar-refractivity contribution is 6.01. The van der Waals surface area contributed by atoms with Crippen LogP contribution in [0.5, 0.6) is 5.75 Å². The van der Waals surface area contributed by atoms with Crippen LogP contribution in [0.2, 0.25) is 0 Å². The molecule has 1 amide bonds. The summed E-state index contributed by atoms with van der Waals surface area (Å²) in [7, 11) is 0. The van der Waals surface area contributed by atoms with Crippen LogP contribution < -0.4 is 11.3 Å². The van der Waals surface area contributed by atoms with Crippen molar-refractivity contribution in [3.05, 3.63) is 75.3 Å². The first-order valence-corrected chi connectivity index (χ1v) is 10.9. The Labute approximate surface area is 189 Å². The third-order valence-electron chi connectivity index (χ3n) is 6.25. The summed E-state index contributed by atoms with van der Waals surface area (Å²) in [6.45, 7) is 1.86. The van der Waals surface area contributed by atoms with E-state index in [1.807, 2.05) is 6.92 Å². The second-order valence-corrected chi connectivity index (χ2v) is 8.57. The van der Waals surface area contributed by atoms with Crippen LogP contribution in [0, 0.1) is 12.7 Å². The van der Waals surface area contributed by atoms with E-state index in [0.717, 1.165) is 12.0 Å². The lowest BCUT2D eigenvalue weighted by Crippen LogP contribution is -2.49. The van der Waals surface area contributed by atoms with Crippen molar-refractivity contribution in [1.82, 2.24) is 4.57 Å². The first kappa shape index (κ1) is 22.5. The third kappa shape index (κ3) is 4.20. The summed E-state index contributed by atoms with van der Waals surface area (Å²) in [5, 5.41) is 11.2. The zero-order chi connectivity index (χ0) is 23.8. The molecule has 2 aromatic carbocycles. The minimum atomic E-state index is -1.50. The van der Waals surface area contributed by atoms with Crippen molar-refractivity contribution in [2.24, 2.45) is 5.73 Å². The number of amides is 1. The number of ether oxygens (including phenoxy) is 1. The standard InChI is InChI=1S/C25H25FN2O5/c1-15-5-10-19-18(13-15)21(29)20(22(30)28(19)14-16-6-8-17(26)9-7-16)23(31)33-25(24(27)32)11-3-2-4-12-25/h5-10,13,29H,2-4,11-12,14H2,1H3,(H2,27,32). The number of nitrogens with two attached hydrogens (primary N) is 1. The van der Waals surface area contributed by atoms with Crippen molar-refractivity contribution in [3.63, 3.8) is 0 Å². The predicted molar refractivity (Wildman–Crippen MR) is 121 cm³/mol. The van der Waals surface area contributed by atoms with Crippen LogP contribution in [-0.4, -0.2) is 27.2 Å². The second-order valence-electron chi connectivity index (χ2n) is 8.57. The van der Waals surface area contributed by atoms with Gasteiger partial charge in [-0.1, -0.05) is 30.2 Å². The molecule has 1 aromatic heterocycles. The number of carbonyl (C=O) groups excluding carboxylic acids is 2. The molecule has 33 heavy (non-hydrogen) atoms. The van der Waals surface area contributed by atoms with Crippen LogP contribution in [0.1, 0.15) is 53.6 Å². The van der Waals surface area contributed by atoms with Gasteiger partial charge in [0.15, 0.2) is 11.2 Å². The van der Waals surface area contributed by atoms with E-state index in [9.17, 15) is 23.9 Å². The predicted octanol–water partition coefficient (Wildman–Crippen LogP) is 3.55. The van der Waals surface area contributed by atoms with Gasteiger partial charge >= 0.3 is 5.97 Å². The Morgan fingerprint density at radius 1 is 1.12 bits per heavy atom. The van der Waals surface area contributed by atoms with Gasteiger partial charge in [0.25, 0.3) is 11.5 Å². The van der Waals surface area contributed by atoms with E-state index in [-0.39, 0.29) is 19.4 Å². The van der Waals surface area contributed by atoms with E-state index in [0.29, 0.717) is 29.3 Å². The summed E-state index contributed by atoms with van der Waals surface area (Å²) in [5.74, 6) is -2.77. The molecule has 0 unspecified atom stereocenters.